The van der Waals surface area contributed by atoms with Gasteiger partial charge in [0.05, 0.1) is 10.7 Å². The van der Waals surface area contributed by atoms with Gasteiger partial charge < -0.3 is 14.2 Å². The van der Waals surface area contributed by atoms with Crippen LogP contribution in [-0.4, -0.2) is 25.5 Å². The smallest absolute Gasteiger partial charge is 0.277 e. The minimum Gasteiger partial charge on any atom is -0.483 e. The summed E-state index contributed by atoms with van der Waals surface area (Å²) >= 11 is 3.53. The van der Waals surface area contributed by atoms with Gasteiger partial charge in [0, 0.05) is 0 Å². The molecule has 0 atom stereocenters. The number of nitrogens with zero attached hydrogens (tertiary/aromatic N) is 1. The van der Waals surface area contributed by atoms with Crippen molar-refractivity contribution in [1.82, 2.24) is 5.43 Å². The molecule has 0 fully saturated rings. The van der Waals surface area contributed by atoms with Crippen molar-refractivity contribution in [2.24, 2.45) is 5.10 Å². The van der Waals surface area contributed by atoms with Crippen molar-refractivity contribution in [3.63, 3.8) is 0 Å². The van der Waals surface area contributed by atoms with E-state index in [0.29, 0.717) is 17.2 Å². The second-order valence-electron chi connectivity index (χ2n) is 5.79. The molecule has 0 saturated carbocycles. The first-order valence-electron chi connectivity index (χ1n) is 8.22. The first kappa shape index (κ1) is 17.4. The Balaban J connectivity index is 1.34. The van der Waals surface area contributed by atoms with Crippen LogP contribution in [0.4, 0.5) is 0 Å². The fourth-order valence-corrected chi connectivity index (χ4v) is 3.28. The van der Waals surface area contributed by atoms with E-state index in [4.69, 9.17) is 14.2 Å². The maximum atomic E-state index is 12.0. The minimum absolute atomic E-state index is 0.143. The molecule has 1 aliphatic rings. The SMILES string of the molecule is O=C(COc1ccc2ccccc2c1Br)N/N=C/c1ccc2c(c1)OCO2. The predicted molar refractivity (Wildman–Crippen MR) is 105 cm³/mol. The van der Waals surface area contributed by atoms with E-state index < -0.39 is 0 Å². The fraction of sp³-hybridized carbons (Fsp3) is 0.100. The van der Waals surface area contributed by atoms with Crippen LogP contribution < -0.4 is 19.6 Å². The number of halogens is 1. The molecule has 1 heterocycles. The molecule has 3 aromatic rings. The number of amides is 1. The van der Waals surface area contributed by atoms with Crippen LogP contribution in [0, 0.1) is 0 Å². The number of benzene rings is 3. The topological polar surface area (TPSA) is 69.2 Å². The summed E-state index contributed by atoms with van der Waals surface area (Å²) in [5.74, 6) is 1.61. The summed E-state index contributed by atoms with van der Waals surface area (Å²) in [6.45, 7) is 0.0732. The summed E-state index contributed by atoms with van der Waals surface area (Å²) in [6, 6.07) is 17.1. The maximum Gasteiger partial charge on any atom is 0.277 e. The van der Waals surface area contributed by atoms with E-state index in [0.717, 1.165) is 20.8 Å². The van der Waals surface area contributed by atoms with Gasteiger partial charge in [0.2, 0.25) is 6.79 Å². The van der Waals surface area contributed by atoms with E-state index in [1.54, 1.807) is 12.1 Å². The summed E-state index contributed by atoms with van der Waals surface area (Å²) in [5.41, 5.74) is 3.23. The quantitative estimate of drug-likeness (QED) is 0.496. The molecule has 0 saturated heterocycles. The number of hydrogen-bond acceptors (Lipinski definition) is 5. The van der Waals surface area contributed by atoms with Crippen LogP contribution in [-0.2, 0) is 4.79 Å². The van der Waals surface area contributed by atoms with E-state index in [-0.39, 0.29) is 19.3 Å². The Morgan fingerprint density at radius 1 is 1.15 bits per heavy atom. The molecule has 7 heteroatoms. The van der Waals surface area contributed by atoms with Gasteiger partial charge in [0.15, 0.2) is 18.1 Å². The molecule has 136 valence electrons. The molecule has 0 aromatic heterocycles. The van der Waals surface area contributed by atoms with Gasteiger partial charge >= 0.3 is 0 Å². The number of carbonyl (C=O) groups is 1. The van der Waals surface area contributed by atoms with Gasteiger partial charge in [-0.25, -0.2) is 5.43 Å². The number of rotatable bonds is 5. The van der Waals surface area contributed by atoms with Gasteiger partial charge in [-0.3, -0.25) is 4.79 Å². The lowest BCUT2D eigenvalue weighted by atomic mass is 10.1. The van der Waals surface area contributed by atoms with Crippen molar-refractivity contribution < 1.29 is 19.0 Å². The van der Waals surface area contributed by atoms with E-state index in [9.17, 15) is 4.79 Å². The second-order valence-corrected chi connectivity index (χ2v) is 6.59. The van der Waals surface area contributed by atoms with Crippen molar-refractivity contribution in [2.45, 2.75) is 0 Å². The van der Waals surface area contributed by atoms with Gasteiger partial charge in [0.1, 0.15) is 5.75 Å². The van der Waals surface area contributed by atoms with Gasteiger partial charge in [-0.2, -0.15) is 5.10 Å². The molecule has 1 N–H and O–H groups in total. The molecule has 27 heavy (non-hydrogen) atoms. The lowest BCUT2D eigenvalue weighted by Gasteiger charge is -2.09. The Kier molecular flexibility index (Phi) is 4.93. The third kappa shape index (κ3) is 3.88. The van der Waals surface area contributed by atoms with Crippen LogP contribution in [0.15, 0.2) is 64.2 Å². The Hall–Kier alpha value is -3.06. The highest BCUT2D eigenvalue weighted by molar-refractivity contribution is 9.10. The van der Waals surface area contributed by atoms with Gasteiger partial charge in [0.25, 0.3) is 5.91 Å². The largest absolute Gasteiger partial charge is 0.483 e. The van der Waals surface area contributed by atoms with E-state index in [1.165, 1.54) is 6.21 Å². The zero-order valence-corrected chi connectivity index (χ0v) is 15.7. The summed E-state index contributed by atoms with van der Waals surface area (Å²) in [4.78, 5) is 12.0. The van der Waals surface area contributed by atoms with Crippen molar-refractivity contribution in [3.05, 3.63) is 64.6 Å². The monoisotopic (exact) mass is 426 g/mol. The molecule has 0 bridgehead atoms. The molecule has 0 unspecified atom stereocenters. The highest BCUT2D eigenvalue weighted by atomic mass is 79.9. The molecule has 6 nitrogen and oxygen atoms in total. The van der Waals surface area contributed by atoms with Crippen LogP contribution in [0.5, 0.6) is 17.2 Å². The van der Waals surface area contributed by atoms with Gasteiger partial charge in [-0.15, -0.1) is 0 Å². The van der Waals surface area contributed by atoms with Crippen LogP contribution in [0.2, 0.25) is 0 Å². The molecule has 0 aliphatic carbocycles. The van der Waals surface area contributed by atoms with Crippen molar-refractivity contribution in [3.8, 4) is 17.2 Å². The first-order chi connectivity index (χ1) is 13.2. The van der Waals surface area contributed by atoms with Gasteiger partial charge in [-0.1, -0.05) is 30.3 Å². The number of carbonyl (C=O) groups excluding carboxylic acids is 1. The highest BCUT2D eigenvalue weighted by Gasteiger charge is 2.12. The number of hydrogen-bond donors (Lipinski definition) is 1. The Labute approximate surface area is 163 Å². The predicted octanol–water partition coefficient (Wildman–Crippen LogP) is 3.86. The molecule has 4 rings (SSSR count). The molecule has 1 amide bonds. The van der Waals surface area contributed by atoms with Crippen molar-refractivity contribution >= 4 is 38.8 Å². The normalized spacial score (nSPS) is 12.5. The molecule has 1 aliphatic heterocycles. The van der Waals surface area contributed by atoms with E-state index in [2.05, 4.69) is 26.5 Å². The Morgan fingerprint density at radius 2 is 2.00 bits per heavy atom. The summed E-state index contributed by atoms with van der Waals surface area (Å²) in [5, 5.41) is 6.06. The van der Waals surface area contributed by atoms with Crippen molar-refractivity contribution in [1.29, 1.82) is 0 Å². The Bertz CT molecular complexity index is 1040. The summed E-state index contributed by atoms with van der Waals surface area (Å²) in [7, 11) is 0. The van der Waals surface area contributed by atoms with E-state index in [1.807, 2.05) is 42.5 Å². The maximum absolute atomic E-state index is 12.0. The molecular weight excluding hydrogens is 412 g/mol. The lowest BCUT2D eigenvalue weighted by Crippen LogP contribution is -2.24. The number of nitrogens with one attached hydrogen (secondary N) is 1. The van der Waals surface area contributed by atoms with Crippen molar-refractivity contribution in [2.75, 3.05) is 13.4 Å². The van der Waals surface area contributed by atoms with Crippen LogP contribution in [0.3, 0.4) is 0 Å². The zero-order valence-electron chi connectivity index (χ0n) is 14.1. The molecule has 0 radical (unpaired) electrons. The molecule has 3 aromatic carbocycles. The standard InChI is InChI=1S/C20H15BrN2O4/c21-20-15-4-2-1-3-14(15)6-8-17(20)25-11-19(24)23-22-10-13-5-7-16-18(9-13)27-12-26-16/h1-10H,11-12H2,(H,23,24)/b22-10+. The number of fused-ring (bicyclic) bond motifs is 2. The van der Waals surface area contributed by atoms with Crippen LogP contribution >= 0.6 is 15.9 Å². The summed E-state index contributed by atoms with van der Waals surface area (Å²) in [6.07, 6.45) is 1.53. The van der Waals surface area contributed by atoms with Gasteiger partial charge in [-0.05, 0) is 56.5 Å². The fourth-order valence-electron chi connectivity index (χ4n) is 2.67. The second kappa shape index (κ2) is 7.67. The van der Waals surface area contributed by atoms with Crippen LogP contribution in [0.25, 0.3) is 10.8 Å². The van der Waals surface area contributed by atoms with E-state index >= 15 is 0 Å². The average Bonchev–Trinajstić information content (AvgIpc) is 3.15. The van der Waals surface area contributed by atoms with Crippen LogP contribution in [0.1, 0.15) is 5.56 Å². The lowest BCUT2D eigenvalue weighted by molar-refractivity contribution is -0.123. The Morgan fingerprint density at radius 3 is 2.93 bits per heavy atom. The molecular formula is C20H15BrN2O4. The number of hydrazone groups is 1. The zero-order chi connectivity index (χ0) is 18.6. The minimum atomic E-state index is -0.355. The third-order valence-electron chi connectivity index (χ3n) is 3.99. The number of ether oxygens (including phenoxy) is 3. The highest BCUT2D eigenvalue weighted by Crippen LogP contribution is 2.33. The third-order valence-corrected chi connectivity index (χ3v) is 4.80. The summed E-state index contributed by atoms with van der Waals surface area (Å²) < 4.78 is 17.0. The first-order valence-corrected chi connectivity index (χ1v) is 9.01. The average molecular weight is 427 g/mol. The molecule has 0 spiro atoms.